The number of hydrogen-bond acceptors (Lipinski definition) is 2. The number of benzene rings is 1. The Kier molecular flexibility index (Phi) is 2.79. The fraction of sp³-hybridized carbons (Fsp3) is 0.571. The number of aryl methyl sites for hydroxylation is 1. The van der Waals surface area contributed by atoms with Crippen LogP contribution in [0.3, 0.4) is 0 Å². The molecular formula is C14H19FN2. The Morgan fingerprint density at radius 3 is 3.00 bits per heavy atom. The summed E-state index contributed by atoms with van der Waals surface area (Å²) in [4.78, 5) is 2.39. The first-order valence-corrected chi connectivity index (χ1v) is 6.56. The van der Waals surface area contributed by atoms with Gasteiger partial charge in [-0.1, -0.05) is 6.07 Å². The van der Waals surface area contributed by atoms with Crippen LogP contribution in [0.15, 0.2) is 18.2 Å². The van der Waals surface area contributed by atoms with Crippen molar-refractivity contribution in [3.05, 3.63) is 29.6 Å². The molecule has 0 spiro atoms. The Balaban J connectivity index is 2.02. The zero-order valence-electron chi connectivity index (χ0n) is 10.0. The molecule has 92 valence electrons. The summed E-state index contributed by atoms with van der Waals surface area (Å²) in [6, 6.07) is 6.17. The molecule has 3 rings (SSSR count). The third-order valence-electron chi connectivity index (χ3n) is 4.21. The number of piperidine rings is 1. The maximum Gasteiger partial charge on any atom is 0.125 e. The molecule has 1 saturated heterocycles. The lowest BCUT2D eigenvalue weighted by molar-refractivity contribution is 0.358. The zero-order chi connectivity index (χ0) is 11.8. The summed E-state index contributed by atoms with van der Waals surface area (Å²) in [5.41, 5.74) is 8.24. The molecule has 0 amide bonds. The van der Waals surface area contributed by atoms with Crippen LogP contribution in [0.25, 0.3) is 0 Å². The highest BCUT2D eigenvalue weighted by molar-refractivity contribution is 5.58. The standard InChI is InChI=1S/C14H19FN2/c15-11-6-4-10-5-7-12-2-1-3-13(9-16)17(12)14(10)8-11/h4,6,8,12-13H,1-3,5,7,9,16H2. The molecule has 2 atom stereocenters. The van der Waals surface area contributed by atoms with Crippen LogP contribution in [0, 0.1) is 5.82 Å². The first-order valence-electron chi connectivity index (χ1n) is 6.56. The SMILES string of the molecule is NCC1CCCC2CCc3ccc(F)cc3N12. The van der Waals surface area contributed by atoms with Gasteiger partial charge in [-0.25, -0.2) is 4.39 Å². The second kappa shape index (κ2) is 4.30. The van der Waals surface area contributed by atoms with Gasteiger partial charge in [0.1, 0.15) is 5.82 Å². The average Bonchev–Trinajstić information content (AvgIpc) is 2.37. The Morgan fingerprint density at radius 2 is 2.18 bits per heavy atom. The van der Waals surface area contributed by atoms with Crippen LogP contribution >= 0.6 is 0 Å². The summed E-state index contributed by atoms with van der Waals surface area (Å²) in [6.45, 7) is 0.673. The van der Waals surface area contributed by atoms with Crippen molar-refractivity contribution in [1.29, 1.82) is 0 Å². The number of nitrogens with two attached hydrogens (primary N) is 1. The first-order chi connectivity index (χ1) is 8.29. The normalized spacial score (nSPS) is 27.5. The second-order valence-corrected chi connectivity index (χ2v) is 5.19. The molecule has 0 aromatic heterocycles. The van der Waals surface area contributed by atoms with E-state index in [0.717, 1.165) is 18.5 Å². The van der Waals surface area contributed by atoms with Crippen LogP contribution in [0.1, 0.15) is 31.2 Å². The maximum absolute atomic E-state index is 13.4. The maximum atomic E-state index is 13.4. The van der Waals surface area contributed by atoms with Gasteiger partial charge in [-0.2, -0.15) is 0 Å². The van der Waals surface area contributed by atoms with E-state index in [4.69, 9.17) is 5.73 Å². The van der Waals surface area contributed by atoms with E-state index in [-0.39, 0.29) is 5.82 Å². The lowest BCUT2D eigenvalue weighted by Crippen LogP contribution is -2.52. The van der Waals surface area contributed by atoms with Crippen molar-refractivity contribution in [2.24, 2.45) is 5.73 Å². The van der Waals surface area contributed by atoms with Gasteiger partial charge >= 0.3 is 0 Å². The van der Waals surface area contributed by atoms with E-state index in [9.17, 15) is 4.39 Å². The Labute approximate surface area is 102 Å². The van der Waals surface area contributed by atoms with E-state index in [1.807, 2.05) is 6.07 Å². The largest absolute Gasteiger partial charge is 0.364 e. The minimum absolute atomic E-state index is 0.134. The molecule has 17 heavy (non-hydrogen) atoms. The minimum Gasteiger partial charge on any atom is -0.364 e. The molecular weight excluding hydrogens is 215 g/mol. The number of nitrogens with zero attached hydrogens (tertiary/aromatic N) is 1. The van der Waals surface area contributed by atoms with Crippen LogP contribution in [-0.4, -0.2) is 18.6 Å². The van der Waals surface area contributed by atoms with Gasteiger partial charge in [-0.15, -0.1) is 0 Å². The fourth-order valence-corrected chi connectivity index (χ4v) is 3.38. The van der Waals surface area contributed by atoms with Gasteiger partial charge < -0.3 is 10.6 Å². The van der Waals surface area contributed by atoms with Gasteiger partial charge in [0.2, 0.25) is 0 Å². The molecule has 0 bridgehead atoms. The number of anilines is 1. The summed E-state index contributed by atoms with van der Waals surface area (Å²) >= 11 is 0. The van der Waals surface area contributed by atoms with Gasteiger partial charge in [0.25, 0.3) is 0 Å². The van der Waals surface area contributed by atoms with Crippen molar-refractivity contribution in [2.75, 3.05) is 11.4 Å². The first kappa shape index (κ1) is 11.0. The quantitative estimate of drug-likeness (QED) is 0.808. The topological polar surface area (TPSA) is 29.3 Å². The molecule has 0 aliphatic carbocycles. The third kappa shape index (κ3) is 1.82. The Hall–Kier alpha value is -1.09. The van der Waals surface area contributed by atoms with Crippen LogP contribution in [0.2, 0.25) is 0 Å². The highest BCUT2D eigenvalue weighted by Crippen LogP contribution is 2.38. The monoisotopic (exact) mass is 234 g/mol. The summed E-state index contributed by atoms with van der Waals surface area (Å²) in [5, 5.41) is 0. The van der Waals surface area contributed by atoms with E-state index in [0.29, 0.717) is 18.6 Å². The second-order valence-electron chi connectivity index (χ2n) is 5.19. The Morgan fingerprint density at radius 1 is 1.29 bits per heavy atom. The van der Waals surface area contributed by atoms with Gasteiger partial charge in [0.05, 0.1) is 0 Å². The van der Waals surface area contributed by atoms with E-state index in [2.05, 4.69) is 4.90 Å². The van der Waals surface area contributed by atoms with Crippen molar-refractivity contribution >= 4 is 5.69 Å². The van der Waals surface area contributed by atoms with E-state index in [1.165, 1.54) is 24.8 Å². The molecule has 2 N–H and O–H groups in total. The summed E-state index contributed by atoms with van der Waals surface area (Å²) in [5.74, 6) is -0.134. The van der Waals surface area contributed by atoms with Gasteiger partial charge in [-0.05, 0) is 49.8 Å². The van der Waals surface area contributed by atoms with Crippen molar-refractivity contribution in [3.8, 4) is 0 Å². The van der Waals surface area contributed by atoms with Crippen LogP contribution < -0.4 is 10.6 Å². The third-order valence-corrected chi connectivity index (χ3v) is 4.21. The van der Waals surface area contributed by atoms with Crippen LogP contribution in [0.4, 0.5) is 10.1 Å². The molecule has 0 saturated carbocycles. The van der Waals surface area contributed by atoms with Gasteiger partial charge in [0.15, 0.2) is 0 Å². The minimum atomic E-state index is -0.134. The number of rotatable bonds is 1. The van der Waals surface area contributed by atoms with Gasteiger partial charge in [-0.3, -0.25) is 0 Å². The molecule has 1 aromatic carbocycles. The molecule has 1 aromatic rings. The highest BCUT2D eigenvalue weighted by atomic mass is 19.1. The number of halogens is 1. The molecule has 0 radical (unpaired) electrons. The van der Waals surface area contributed by atoms with E-state index < -0.39 is 0 Å². The highest BCUT2D eigenvalue weighted by Gasteiger charge is 2.33. The van der Waals surface area contributed by atoms with E-state index in [1.54, 1.807) is 12.1 Å². The number of hydrogen-bond donors (Lipinski definition) is 1. The van der Waals surface area contributed by atoms with Crippen LogP contribution in [0.5, 0.6) is 0 Å². The molecule has 1 fully saturated rings. The summed E-state index contributed by atoms with van der Waals surface area (Å²) < 4.78 is 13.4. The molecule has 2 nitrogen and oxygen atoms in total. The van der Waals surface area contributed by atoms with Crippen molar-refractivity contribution in [3.63, 3.8) is 0 Å². The Bertz CT molecular complexity index is 419. The summed E-state index contributed by atoms with van der Waals surface area (Å²) in [7, 11) is 0. The predicted molar refractivity (Wildman–Crippen MR) is 67.7 cm³/mol. The molecule has 2 unspecified atom stereocenters. The van der Waals surface area contributed by atoms with Crippen molar-refractivity contribution in [2.45, 2.75) is 44.2 Å². The van der Waals surface area contributed by atoms with Crippen LogP contribution in [-0.2, 0) is 6.42 Å². The smallest absolute Gasteiger partial charge is 0.125 e. The lowest BCUT2D eigenvalue weighted by Gasteiger charge is -2.47. The fourth-order valence-electron chi connectivity index (χ4n) is 3.38. The van der Waals surface area contributed by atoms with E-state index >= 15 is 0 Å². The van der Waals surface area contributed by atoms with Gasteiger partial charge in [0, 0.05) is 24.3 Å². The average molecular weight is 234 g/mol. The summed E-state index contributed by atoms with van der Waals surface area (Å²) in [6.07, 6.45) is 5.90. The molecule has 2 aliphatic rings. The predicted octanol–water partition coefficient (Wildman–Crippen LogP) is 2.46. The van der Waals surface area contributed by atoms with Crippen molar-refractivity contribution < 1.29 is 4.39 Å². The molecule has 3 heteroatoms. The molecule has 2 aliphatic heterocycles. The zero-order valence-corrected chi connectivity index (χ0v) is 10.0. The molecule has 2 heterocycles. The van der Waals surface area contributed by atoms with Crippen molar-refractivity contribution in [1.82, 2.24) is 0 Å². The number of fused-ring (bicyclic) bond motifs is 3. The lowest BCUT2D eigenvalue weighted by atomic mass is 9.86.